The molecular weight excluding hydrogens is 230 g/mol. The molecule has 0 amide bonds. The van der Waals surface area contributed by atoms with Gasteiger partial charge in [-0.1, -0.05) is 0 Å². The van der Waals surface area contributed by atoms with Crippen LogP contribution in [0.1, 0.15) is 26.2 Å². The van der Waals surface area contributed by atoms with Crippen molar-refractivity contribution in [3.8, 4) is 0 Å². The summed E-state index contributed by atoms with van der Waals surface area (Å²) in [6, 6.07) is 0. The molecule has 5 nitrogen and oxygen atoms in total. The number of hydrogen-bond donors (Lipinski definition) is 0. The van der Waals surface area contributed by atoms with Crippen molar-refractivity contribution in [1.82, 2.24) is 4.31 Å². The van der Waals surface area contributed by atoms with Crippen molar-refractivity contribution in [1.29, 1.82) is 0 Å². The zero-order chi connectivity index (χ0) is 11.6. The van der Waals surface area contributed by atoms with E-state index in [4.69, 9.17) is 9.47 Å². The maximum Gasteiger partial charge on any atom is 0.213 e. The lowest BCUT2D eigenvalue weighted by atomic mass is 10.0. The minimum Gasteiger partial charge on any atom is -0.350 e. The van der Waals surface area contributed by atoms with E-state index in [0.29, 0.717) is 25.9 Å². The molecule has 0 aromatic heterocycles. The van der Waals surface area contributed by atoms with E-state index < -0.39 is 15.8 Å². The van der Waals surface area contributed by atoms with Crippen molar-refractivity contribution in [3.05, 3.63) is 0 Å². The highest BCUT2D eigenvalue weighted by atomic mass is 32.2. The molecule has 2 aliphatic heterocycles. The molecule has 94 valence electrons. The summed E-state index contributed by atoms with van der Waals surface area (Å²) in [4.78, 5) is 0. The third-order valence-electron chi connectivity index (χ3n) is 3.26. The van der Waals surface area contributed by atoms with Crippen LogP contribution in [0.2, 0.25) is 0 Å². The van der Waals surface area contributed by atoms with Crippen LogP contribution in [-0.4, -0.2) is 50.6 Å². The molecular formula is C10H19NO4S. The van der Waals surface area contributed by atoms with Crippen LogP contribution in [0.5, 0.6) is 0 Å². The quantitative estimate of drug-likeness (QED) is 0.718. The van der Waals surface area contributed by atoms with Gasteiger partial charge >= 0.3 is 0 Å². The Kier molecular flexibility index (Phi) is 3.53. The smallest absolute Gasteiger partial charge is 0.213 e. The third-order valence-corrected chi connectivity index (χ3v) is 5.14. The topological polar surface area (TPSA) is 55.8 Å². The minimum atomic E-state index is -3.05. The van der Waals surface area contributed by atoms with Crippen molar-refractivity contribution in [3.63, 3.8) is 0 Å². The standard InChI is InChI=1S/C10H19NO4S/c1-2-16(12,13)11-6-4-10(5-7-11)14-8-3-9-15-10/h2-9H2,1H3. The Labute approximate surface area is 96.8 Å². The van der Waals surface area contributed by atoms with Gasteiger partial charge in [0.25, 0.3) is 0 Å². The number of nitrogens with zero attached hydrogens (tertiary/aromatic N) is 1. The summed E-state index contributed by atoms with van der Waals surface area (Å²) in [5.74, 6) is -0.334. The highest BCUT2D eigenvalue weighted by Crippen LogP contribution is 2.31. The maximum atomic E-state index is 11.7. The van der Waals surface area contributed by atoms with Gasteiger partial charge in [0.15, 0.2) is 5.79 Å². The van der Waals surface area contributed by atoms with Gasteiger partial charge in [-0.05, 0) is 13.3 Å². The van der Waals surface area contributed by atoms with Gasteiger partial charge in [-0.2, -0.15) is 0 Å². The second-order valence-corrected chi connectivity index (χ2v) is 6.52. The second kappa shape index (κ2) is 4.60. The SMILES string of the molecule is CCS(=O)(=O)N1CCC2(CC1)OCCCO2. The van der Waals surface area contributed by atoms with Gasteiger partial charge in [0, 0.05) is 25.9 Å². The molecule has 0 saturated carbocycles. The molecule has 2 heterocycles. The van der Waals surface area contributed by atoms with Gasteiger partial charge < -0.3 is 9.47 Å². The largest absolute Gasteiger partial charge is 0.350 e. The van der Waals surface area contributed by atoms with Gasteiger partial charge in [0.05, 0.1) is 19.0 Å². The Morgan fingerprint density at radius 1 is 1.19 bits per heavy atom. The average Bonchev–Trinajstić information content (AvgIpc) is 2.31. The average molecular weight is 249 g/mol. The Morgan fingerprint density at radius 2 is 1.75 bits per heavy atom. The molecule has 0 radical (unpaired) electrons. The van der Waals surface area contributed by atoms with E-state index in [0.717, 1.165) is 19.6 Å². The Hall–Kier alpha value is -0.170. The molecule has 0 atom stereocenters. The van der Waals surface area contributed by atoms with Crippen molar-refractivity contribution in [2.45, 2.75) is 32.0 Å². The van der Waals surface area contributed by atoms with Crippen molar-refractivity contribution < 1.29 is 17.9 Å². The van der Waals surface area contributed by atoms with Crippen molar-refractivity contribution in [2.75, 3.05) is 32.1 Å². The molecule has 0 aliphatic carbocycles. The van der Waals surface area contributed by atoms with E-state index in [1.165, 1.54) is 0 Å². The molecule has 0 unspecified atom stereocenters. The summed E-state index contributed by atoms with van der Waals surface area (Å²) in [7, 11) is -3.05. The van der Waals surface area contributed by atoms with Crippen LogP contribution in [0.25, 0.3) is 0 Å². The van der Waals surface area contributed by atoms with Crippen LogP contribution in [0.3, 0.4) is 0 Å². The van der Waals surface area contributed by atoms with E-state index in [1.54, 1.807) is 11.2 Å². The molecule has 0 aromatic rings. The third kappa shape index (κ3) is 2.40. The molecule has 1 spiro atoms. The fraction of sp³-hybridized carbons (Fsp3) is 1.00. The van der Waals surface area contributed by atoms with E-state index in [2.05, 4.69) is 0 Å². The summed E-state index contributed by atoms with van der Waals surface area (Å²) in [5.41, 5.74) is 0. The number of hydrogen-bond acceptors (Lipinski definition) is 4. The summed E-state index contributed by atoms with van der Waals surface area (Å²) in [6.07, 6.45) is 2.22. The highest BCUT2D eigenvalue weighted by molar-refractivity contribution is 7.89. The van der Waals surface area contributed by atoms with E-state index in [-0.39, 0.29) is 5.75 Å². The monoisotopic (exact) mass is 249 g/mol. The lowest BCUT2D eigenvalue weighted by Gasteiger charge is -2.42. The van der Waals surface area contributed by atoms with Crippen molar-refractivity contribution >= 4 is 10.0 Å². The van der Waals surface area contributed by atoms with Gasteiger partial charge in [-0.25, -0.2) is 12.7 Å². The predicted molar refractivity (Wildman–Crippen MR) is 59.5 cm³/mol. The summed E-state index contributed by atoms with van der Waals surface area (Å²) in [6.45, 7) is 4.14. The molecule has 2 rings (SSSR count). The van der Waals surface area contributed by atoms with Crippen molar-refractivity contribution in [2.24, 2.45) is 0 Å². The fourth-order valence-electron chi connectivity index (χ4n) is 2.19. The molecule has 0 N–H and O–H groups in total. The van der Waals surface area contributed by atoms with E-state index >= 15 is 0 Å². The van der Waals surface area contributed by atoms with E-state index in [1.807, 2.05) is 0 Å². The minimum absolute atomic E-state index is 0.168. The van der Waals surface area contributed by atoms with Crippen LogP contribution in [0.15, 0.2) is 0 Å². The number of ether oxygens (including phenoxy) is 2. The Bertz CT molecular complexity index is 325. The highest BCUT2D eigenvalue weighted by Gasteiger charge is 2.40. The number of piperidine rings is 1. The first-order valence-electron chi connectivity index (χ1n) is 5.84. The first-order chi connectivity index (χ1) is 7.58. The zero-order valence-electron chi connectivity index (χ0n) is 9.65. The van der Waals surface area contributed by atoms with Crippen LogP contribution in [0, 0.1) is 0 Å². The fourth-order valence-corrected chi connectivity index (χ4v) is 3.30. The first-order valence-corrected chi connectivity index (χ1v) is 7.45. The molecule has 16 heavy (non-hydrogen) atoms. The van der Waals surface area contributed by atoms with Crippen LogP contribution >= 0.6 is 0 Å². The van der Waals surface area contributed by atoms with Crippen LogP contribution in [0.4, 0.5) is 0 Å². The first kappa shape index (κ1) is 12.3. The molecule has 2 fully saturated rings. The normalized spacial score (nSPS) is 27.1. The zero-order valence-corrected chi connectivity index (χ0v) is 10.5. The lowest BCUT2D eigenvalue weighted by molar-refractivity contribution is -0.280. The van der Waals surface area contributed by atoms with Crippen LogP contribution < -0.4 is 0 Å². The summed E-state index contributed by atoms with van der Waals surface area (Å²) < 4.78 is 36.2. The predicted octanol–water partition coefficient (Wildman–Crippen LogP) is 0.565. The van der Waals surface area contributed by atoms with Gasteiger partial charge in [-0.15, -0.1) is 0 Å². The maximum absolute atomic E-state index is 11.7. The summed E-state index contributed by atoms with van der Waals surface area (Å²) >= 11 is 0. The van der Waals surface area contributed by atoms with Gasteiger partial charge in [0.1, 0.15) is 0 Å². The van der Waals surface area contributed by atoms with Crippen LogP contribution in [-0.2, 0) is 19.5 Å². The second-order valence-electron chi connectivity index (χ2n) is 4.26. The molecule has 6 heteroatoms. The Balaban J connectivity index is 1.96. The lowest BCUT2D eigenvalue weighted by Crippen LogP contribution is -2.51. The number of rotatable bonds is 2. The van der Waals surface area contributed by atoms with E-state index in [9.17, 15) is 8.42 Å². The molecule has 0 aromatic carbocycles. The molecule has 0 bridgehead atoms. The number of sulfonamides is 1. The van der Waals surface area contributed by atoms with Gasteiger partial charge in [-0.3, -0.25) is 0 Å². The van der Waals surface area contributed by atoms with Gasteiger partial charge in [0.2, 0.25) is 10.0 Å². The summed E-state index contributed by atoms with van der Waals surface area (Å²) in [5, 5.41) is 0. The molecule has 2 saturated heterocycles. The molecule has 2 aliphatic rings. The Morgan fingerprint density at radius 3 is 2.25 bits per heavy atom.